The van der Waals surface area contributed by atoms with Gasteiger partial charge in [-0.3, -0.25) is 0 Å². The van der Waals surface area contributed by atoms with Crippen molar-refractivity contribution in [3.05, 3.63) is 34.9 Å². The molecule has 1 aliphatic rings. The fourth-order valence-corrected chi connectivity index (χ4v) is 2.94. The average molecular weight is 232 g/mol. The van der Waals surface area contributed by atoms with E-state index in [1.165, 1.54) is 23.1 Å². The summed E-state index contributed by atoms with van der Waals surface area (Å²) >= 11 is 0. The lowest BCUT2D eigenvalue weighted by molar-refractivity contribution is 0.284. The Morgan fingerprint density at radius 2 is 2.12 bits per heavy atom. The first-order chi connectivity index (χ1) is 8.11. The summed E-state index contributed by atoms with van der Waals surface area (Å²) in [5.74, 6) is 1.20. The molecule has 3 N–H and O–H groups in total. The van der Waals surface area contributed by atoms with E-state index < -0.39 is 0 Å². The number of nitrogens with one attached hydrogen (secondary N) is 1. The third-order valence-corrected chi connectivity index (χ3v) is 4.04. The van der Waals surface area contributed by atoms with Crippen LogP contribution in [0.1, 0.15) is 36.0 Å². The van der Waals surface area contributed by atoms with Crippen LogP contribution in [0.4, 0.5) is 0 Å². The van der Waals surface area contributed by atoms with Crippen LogP contribution in [0.3, 0.4) is 0 Å². The van der Waals surface area contributed by atoms with Crippen molar-refractivity contribution < 1.29 is 0 Å². The predicted molar refractivity (Wildman–Crippen MR) is 73.3 cm³/mol. The van der Waals surface area contributed by atoms with Crippen molar-refractivity contribution in [2.24, 2.45) is 11.7 Å². The zero-order valence-electron chi connectivity index (χ0n) is 11.2. The van der Waals surface area contributed by atoms with Crippen LogP contribution in [0.25, 0.3) is 0 Å². The molecule has 0 amide bonds. The monoisotopic (exact) mass is 232 g/mol. The number of hydrogen-bond acceptors (Lipinski definition) is 2. The third kappa shape index (κ3) is 2.70. The summed E-state index contributed by atoms with van der Waals surface area (Å²) in [5.41, 5.74) is 10.2. The van der Waals surface area contributed by atoms with Crippen molar-refractivity contribution >= 4 is 0 Å². The summed E-state index contributed by atoms with van der Waals surface area (Å²) in [4.78, 5) is 0. The van der Waals surface area contributed by atoms with E-state index in [-0.39, 0.29) is 0 Å². The highest BCUT2D eigenvalue weighted by Gasteiger charge is 2.29. The van der Waals surface area contributed by atoms with Gasteiger partial charge in [0.2, 0.25) is 0 Å². The molecule has 1 aliphatic heterocycles. The van der Waals surface area contributed by atoms with Gasteiger partial charge in [0, 0.05) is 6.04 Å². The summed E-state index contributed by atoms with van der Waals surface area (Å²) in [6, 6.07) is 7.38. The zero-order chi connectivity index (χ0) is 12.4. The van der Waals surface area contributed by atoms with Crippen LogP contribution in [0.5, 0.6) is 0 Å². The normalized spacial score (nSPS) is 29.3. The maximum atomic E-state index is 5.92. The average Bonchev–Trinajstić information content (AvgIpc) is 2.32. The van der Waals surface area contributed by atoms with Gasteiger partial charge in [0.1, 0.15) is 0 Å². The lowest BCUT2D eigenvalue weighted by Gasteiger charge is -2.36. The van der Waals surface area contributed by atoms with Gasteiger partial charge in [-0.25, -0.2) is 0 Å². The molecule has 0 saturated carbocycles. The van der Waals surface area contributed by atoms with Crippen LogP contribution >= 0.6 is 0 Å². The second-order valence-electron chi connectivity index (χ2n) is 5.51. The summed E-state index contributed by atoms with van der Waals surface area (Å²) in [6.07, 6.45) is 1.20. The van der Waals surface area contributed by atoms with E-state index in [9.17, 15) is 0 Å². The quantitative estimate of drug-likeness (QED) is 0.821. The van der Waals surface area contributed by atoms with E-state index in [0.717, 1.165) is 13.1 Å². The predicted octanol–water partition coefficient (Wildman–Crippen LogP) is 2.34. The molecule has 1 aromatic carbocycles. The van der Waals surface area contributed by atoms with Gasteiger partial charge in [-0.05, 0) is 63.2 Å². The fraction of sp³-hybridized carbons (Fsp3) is 0.600. The van der Waals surface area contributed by atoms with E-state index in [2.05, 4.69) is 44.3 Å². The van der Waals surface area contributed by atoms with Crippen LogP contribution < -0.4 is 11.1 Å². The Labute approximate surface area is 105 Å². The molecule has 2 rings (SSSR count). The molecule has 0 aromatic heterocycles. The van der Waals surface area contributed by atoms with Crippen LogP contribution in [0.15, 0.2) is 18.2 Å². The van der Waals surface area contributed by atoms with E-state index in [1.807, 2.05) is 0 Å². The molecule has 0 aliphatic carbocycles. The Morgan fingerprint density at radius 1 is 1.35 bits per heavy atom. The van der Waals surface area contributed by atoms with Gasteiger partial charge in [-0.1, -0.05) is 23.8 Å². The van der Waals surface area contributed by atoms with Crippen LogP contribution in [-0.2, 0) is 0 Å². The van der Waals surface area contributed by atoms with E-state index in [0.29, 0.717) is 17.9 Å². The number of benzene rings is 1. The SMILES string of the molecule is Cc1ccc(C)c(C2CC(C)NCC2CN)c1. The highest BCUT2D eigenvalue weighted by Crippen LogP contribution is 2.34. The largest absolute Gasteiger partial charge is 0.330 e. The van der Waals surface area contributed by atoms with Gasteiger partial charge >= 0.3 is 0 Å². The number of hydrogen-bond donors (Lipinski definition) is 2. The molecule has 1 fully saturated rings. The highest BCUT2D eigenvalue weighted by atomic mass is 14.9. The minimum atomic E-state index is 0.576. The van der Waals surface area contributed by atoms with Crippen molar-refractivity contribution in [1.29, 1.82) is 0 Å². The third-order valence-electron chi connectivity index (χ3n) is 4.04. The van der Waals surface area contributed by atoms with Gasteiger partial charge in [-0.15, -0.1) is 0 Å². The number of aryl methyl sites for hydroxylation is 2. The molecule has 3 atom stereocenters. The molecule has 0 spiro atoms. The molecular weight excluding hydrogens is 208 g/mol. The molecule has 2 nitrogen and oxygen atoms in total. The number of rotatable bonds is 2. The Balaban J connectivity index is 2.31. The minimum absolute atomic E-state index is 0.576. The number of nitrogens with two attached hydrogens (primary N) is 1. The zero-order valence-corrected chi connectivity index (χ0v) is 11.2. The molecular formula is C15H24N2. The van der Waals surface area contributed by atoms with E-state index >= 15 is 0 Å². The highest BCUT2D eigenvalue weighted by molar-refractivity contribution is 5.34. The smallest absolute Gasteiger partial charge is 0.00447 e. The molecule has 3 unspecified atom stereocenters. The van der Waals surface area contributed by atoms with Gasteiger partial charge in [0.15, 0.2) is 0 Å². The Morgan fingerprint density at radius 3 is 2.82 bits per heavy atom. The summed E-state index contributed by atoms with van der Waals surface area (Å²) in [5, 5.41) is 3.54. The van der Waals surface area contributed by atoms with E-state index in [1.54, 1.807) is 0 Å². The lowest BCUT2D eigenvalue weighted by atomic mass is 9.77. The molecule has 1 aromatic rings. The Bertz CT molecular complexity index is 387. The molecule has 0 radical (unpaired) electrons. The molecule has 1 saturated heterocycles. The summed E-state index contributed by atoms with van der Waals surface area (Å²) < 4.78 is 0. The first kappa shape index (κ1) is 12.6. The van der Waals surface area contributed by atoms with Crippen molar-refractivity contribution in [2.45, 2.75) is 39.2 Å². The lowest BCUT2D eigenvalue weighted by Crippen LogP contribution is -2.44. The maximum absolute atomic E-state index is 5.92. The Kier molecular flexibility index (Phi) is 3.85. The van der Waals surface area contributed by atoms with Crippen molar-refractivity contribution in [3.8, 4) is 0 Å². The minimum Gasteiger partial charge on any atom is -0.330 e. The maximum Gasteiger partial charge on any atom is 0.00447 e. The second-order valence-corrected chi connectivity index (χ2v) is 5.51. The van der Waals surface area contributed by atoms with Gasteiger partial charge in [0.05, 0.1) is 0 Å². The van der Waals surface area contributed by atoms with Crippen molar-refractivity contribution in [3.63, 3.8) is 0 Å². The van der Waals surface area contributed by atoms with Crippen molar-refractivity contribution in [2.75, 3.05) is 13.1 Å². The summed E-state index contributed by atoms with van der Waals surface area (Å²) in [7, 11) is 0. The van der Waals surface area contributed by atoms with Gasteiger partial charge in [0.25, 0.3) is 0 Å². The van der Waals surface area contributed by atoms with Crippen LogP contribution in [0.2, 0.25) is 0 Å². The summed E-state index contributed by atoms with van der Waals surface area (Å²) in [6.45, 7) is 8.48. The van der Waals surface area contributed by atoms with Crippen molar-refractivity contribution in [1.82, 2.24) is 5.32 Å². The fourth-order valence-electron chi connectivity index (χ4n) is 2.94. The number of piperidine rings is 1. The first-order valence-corrected chi connectivity index (χ1v) is 6.62. The topological polar surface area (TPSA) is 38.0 Å². The van der Waals surface area contributed by atoms with Gasteiger partial charge in [-0.2, -0.15) is 0 Å². The molecule has 94 valence electrons. The van der Waals surface area contributed by atoms with E-state index in [4.69, 9.17) is 5.73 Å². The molecule has 1 heterocycles. The first-order valence-electron chi connectivity index (χ1n) is 6.62. The molecule has 0 bridgehead atoms. The molecule has 17 heavy (non-hydrogen) atoms. The van der Waals surface area contributed by atoms with Crippen LogP contribution in [-0.4, -0.2) is 19.1 Å². The van der Waals surface area contributed by atoms with Crippen LogP contribution in [0, 0.1) is 19.8 Å². The standard InChI is InChI=1S/C15H24N2/c1-10-4-5-11(2)14(6-10)15-7-12(3)17-9-13(15)8-16/h4-6,12-13,15,17H,7-9,16H2,1-3H3. The molecule has 2 heteroatoms. The second kappa shape index (κ2) is 5.19. The van der Waals surface area contributed by atoms with Gasteiger partial charge < -0.3 is 11.1 Å². The Hall–Kier alpha value is -0.860.